The Kier molecular flexibility index (Phi) is 6.55. The SMILES string of the molecule is COc1ccc(CCC(=O)N2CCCC(N3CCNCC3=O)C2)cc1OC. The molecule has 2 heterocycles. The lowest BCUT2D eigenvalue weighted by Gasteiger charge is -2.41. The van der Waals surface area contributed by atoms with Gasteiger partial charge in [0.2, 0.25) is 11.8 Å². The van der Waals surface area contributed by atoms with Gasteiger partial charge in [0.25, 0.3) is 0 Å². The summed E-state index contributed by atoms with van der Waals surface area (Å²) in [5.74, 6) is 1.66. The third-order valence-electron chi connectivity index (χ3n) is 5.39. The second kappa shape index (κ2) is 9.08. The monoisotopic (exact) mass is 375 g/mol. The maximum Gasteiger partial charge on any atom is 0.236 e. The first kappa shape index (κ1) is 19.5. The van der Waals surface area contributed by atoms with Crippen molar-refractivity contribution in [2.75, 3.05) is 46.9 Å². The smallest absolute Gasteiger partial charge is 0.236 e. The first-order valence-corrected chi connectivity index (χ1v) is 9.61. The van der Waals surface area contributed by atoms with Gasteiger partial charge in [0.1, 0.15) is 0 Å². The summed E-state index contributed by atoms with van der Waals surface area (Å²) in [7, 11) is 3.22. The van der Waals surface area contributed by atoms with Crippen molar-refractivity contribution < 1.29 is 19.1 Å². The van der Waals surface area contributed by atoms with Crippen LogP contribution in [0.1, 0.15) is 24.8 Å². The van der Waals surface area contributed by atoms with Gasteiger partial charge in [-0.2, -0.15) is 0 Å². The molecule has 0 aromatic heterocycles. The molecule has 0 radical (unpaired) electrons. The molecular weight excluding hydrogens is 346 g/mol. The van der Waals surface area contributed by atoms with Crippen LogP contribution >= 0.6 is 0 Å². The average molecular weight is 375 g/mol. The Balaban J connectivity index is 1.55. The number of aryl methyl sites for hydroxylation is 1. The zero-order chi connectivity index (χ0) is 19.2. The maximum atomic E-state index is 12.7. The van der Waals surface area contributed by atoms with Gasteiger partial charge in [-0.3, -0.25) is 9.59 Å². The van der Waals surface area contributed by atoms with Gasteiger partial charge in [-0.05, 0) is 37.0 Å². The van der Waals surface area contributed by atoms with Gasteiger partial charge in [0, 0.05) is 38.6 Å². The molecular formula is C20H29N3O4. The van der Waals surface area contributed by atoms with Crippen LogP contribution in [0.4, 0.5) is 0 Å². The molecule has 27 heavy (non-hydrogen) atoms. The Morgan fingerprint density at radius 2 is 2.04 bits per heavy atom. The highest BCUT2D eigenvalue weighted by atomic mass is 16.5. The molecule has 2 aliphatic rings. The lowest BCUT2D eigenvalue weighted by Crippen LogP contribution is -2.57. The van der Waals surface area contributed by atoms with Gasteiger partial charge in [-0.1, -0.05) is 6.07 Å². The van der Waals surface area contributed by atoms with Crippen molar-refractivity contribution in [1.29, 1.82) is 0 Å². The minimum Gasteiger partial charge on any atom is -0.493 e. The van der Waals surface area contributed by atoms with Crippen molar-refractivity contribution in [3.05, 3.63) is 23.8 Å². The standard InChI is InChI=1S/C20H29N3O4/c1-26-17-7-5-15(12-18(17)27-2)6-8-19(24)22-10-3-4-16(14-22)23-11-9-21-13-20(23)25/h5,7,12,16,21H,3-4,6,8-11,13-14H2,1-2H3. The topological polar surface area (TPSA) is 71.1 Å². The number of ether oxygens (including phenoxy) is 2. The molecule has 2 saturated heterocycles. The van der Waals surface area contributed by atoms with Crippen LogP contribution in [0, 0.1) is 0 Å². The molecule has 1 unspecified atom stereocenters. The summed E-state index contributed by atoms with van der Waals surface area (Å²) in [5, 5.41) is 3.10. The Morgan fingerprint density at radius 3 is 2.78 bits per heavy atom. The van der Waals surface area contributed by atoms with Gasteiger partial charge in [-0.25, -0.2) is 0 Å². The number of hydrogen-bond acceptors (Lipinski definition) is 5. The van der Waals surface area contributed by atoms with Crippen LogP contribution in [0.25, 0.3) is 0 Å². The number of carbonyl (C=O) groups excluding carboxylic acids is 2. The van der Waals surface area contributed by atoms with Crippen molar-refractivity contribution in [1.82, 2.24) is 15.1 Å². The summed E-state index contributed by atoms with van der Waals surface area (Å²) >= 11 is 0. The van der Waals surface area contributed by atoms with Crippen molar-refractivity contribution >= 4 is 11.8 Å². The molecule has 0 saturated carbocycles. The van der Waals surface area contributed by atoms with Crippen molar-refractivity contribution in [2.24, 2.45) is 0 Å². The number of likely N-dealkylation sites (tertiary alicyclic amines) is 1. The molecule has 1 aromatic rings. The summed E-state index contributed by atoms with van der Waals surface area (Å²) in [6.45, 7) is 3.40. The van der Waals surface area contributed by atoms with Gasteiger partial charge in [0.05, 0.1) is 20.8 Å². The molecule has 2 fully saturated rings. The fourth-order valence-electron chi connectivity index (χ4n) is 3.89. The van der Waals surface area contributed by atoms with E-state index in [0.717, 1.165) is 38.0 Å². The summed E-state index contributed by atoms with van der Waals surface area (Å²) in [6, 6.07) is 5.90. The molecule has 0 spiro atoms. The fourth-order valence-corrected chi connectivity index (χ4v) is 3.89. The largest absolute Gasteiger partial charge is 0.493 e. The minimum absolute atomic E-state index is 0.144. The van der Waals surface area contributed by atoms with E-state index in [1.165, 1.54) is 0 Å². The predicted octanol–water partition coefficient (Wildman–Crippen LogP) is 1.06. The summed E-state index contributed by atoms with van der Waals surface area (Å²) in [4.78, 5) is 28.7. The van der Waals surface area contributed by atoms with E-state index in [1.54, 1.807) is 14.2 Å². The van der Waals surface area contributed by atoms with Crippen molar-refractivity contribution in [2.45, 2.75) is 31.7 Å². The normalized spacial score (nSPS) is 20.5. The van der Waals surface area contributed by atoms with Gasteiger partial charge in [-0.15, -0.1) is 0 Å². The number of carbonyl (C=O) groups is 2. The molecule has 2 amide bonds. The number of rotatable bonds is 6. The van der Waals surface area contributed by atoms with E-state index in [-0.39, 0.29) is 17.9 Å². The van der Waals surface area contributed by atoms with E-state index in [0.29, 0.717) is 37.4 Å². The second-order valence-corrected chi connectivity index (χ2v) is 7.09. The summed E-state index contributed by atoms with van der Waals surface area (Å²) < 4.78 is 10.6. The number of piperidine rings is 1. The molecule has 7 nitrogen and oxygen atoms in total. The summed E-state index contributed by atoms with van der Waals surface area (Å²) in [6.07, 6.45) is 3.04. The first-order valence-electron chi connectivity index (χ1n) is 9.61. The average Bonchev–Trinajstić information content (AvgIpc) is 2.72. The molecule has 0 aliphatic carbocycles. The maximum absolute atomic E-state index is 12.7. The predicted molar refractivity (Wildman–Crippen MR) is 102 cm³/mol. The van der Waals surface area contributed by atoms with Gasteiger partial charge >= 0.3 is 0 Å². The third kappa shape index (κ3) is 4.71. The highest BCUT2D eigenvalue weighted by molar-refractivity contribution is 5.80. The van der Waals surface area contributed by atoms with Gasteiger partial charge < -0.3 is 24.6 Å². The van der Waals surface area contributed by atoms with E-state index >= 15 is 0 Å². The molecule has 3 rings (SSSR count). The molecule has 1 aromatic carbocycles. The minimum atomic E-state index is 0.144. The molecule has 1 N–H and O–H groups in total. The van der Waals surface area contributed by atoms with Crippen molar-refractivity contribution in [3.63, 3.8) is 0 Å². The lowest BCUT2D eigenvalue weighted by atomic mass is 10.0. The Bertz CT molecular complexity index is 679. The first-order chi connectivity index (χ1) is 13.1. The molecule has 1 atom stereocenters. The van der Waals surface area contributed by atoms with Crippen LogP contribution in [0.3, 0.4) is 0 Å². The number of methoxy groups -OCH3 is 2. The van der Waals surface area contributed by atoms with E-state index in [9.17, 15) is 9.59 Å². The highest BCUT2D eigenvalue weighted by Gasteiger charge is 2.31. The Labute approximate surface area is 160 Å². The number of amides is 2. The summed E-state index contributed by atoms with van der Waals surface area (Å²) in [5.41, 5.74) is 1.05. The molecule has 148 valence electrons. The van der Waals surface area contributed by atoms with Crippen LogP contribution in [0.2, 0.25) is 0 Å². The van der Waals surface area contributed by atoms with E-state index < -0.39 is 0 Å². The Morgan fingerprint density at radius 1 is 1.22 bits per heavy atom. The number of hydrogen-bond donors (Lipinski definition) is 1. The molecule has 2 aliphatic heterocycles. The number of nitrogens with one attached hydrogen (secondary N) is 1. The fraction of sp³-hybridized carbons (Fsp3) is 0.600. The van der Waals surface area contributed by atoms with Crippen LogP contribution in [-0.4, -0.2) is 74.6 Å². The van der Waals surface area contributed by atoms with E-state index in [1.807, 2.05) is 28.0 Å². The zero-order valence-corrected chi connectivity index (χ0v) is 16.2. The zero-order valence-electron chi connectivity index (χ0n) is 16.2. The van der Waals surface area contributed by atoms with E-state index in [4.69, 9.17) is 9.47 Å². The van der Waals surface area contributed by atoms with Crippen LogP contribution < -0.4 is 14.8 Å². The molecule has 7 heteroatoms. The van der Waals surface area contributed by atoms with Crippen LogP contribution in [-0.2, 0) is 16.0 Å². The quantitative estimate of drug-likeness (QED) is 0.805. The third-order valence-corrected chi connectivity index (χ3v) is 5.39. The van der Waals surface area contributed by atoms with E-state index in [2.05, 4.69) is 5.32 Å². The Hall–Kier alpha value is -2.28. The van der Waals surface area contributed by atoms with Crippen LogP contribution in [0.5, 0.6) is 11.5 Å². The highest BCUT2D eigenvalue weighted by Crippen LogP contribution is 2.28. The van der Waals surface area contributed by atoms with Crippen LogP contribution in [0.15, 0.2) is 18.2 Å². The number of piperazine rings is 1. The lowest BCUT2D eigenvalue weighted by molar-refractivity contribution is -0.140. The second-order valence-electron chi connectivity index (χ2n) is 7.09. The molecule has 0 bridgehead atoms. The number of benzene rings is 1. The van der Waals surface area contributed by atoms with Gasteiger partial charge in [0.15, 0.2) is 11.5 Å². The number of nitrogens with zero attached hydrogens (tertiary/aromatic N) is 2. The van der Waals surface area contributed by atoms with Crippen molar-refractivity contribution in [3.8, 4) is 11.5 Å².